The maximum atomic E-state index is 13.1. The summed E-state index contributed by atoms with van der Waals surface area (Å²) in [5.74, 6) is -1.62. The molecule has 0 aromatic rings. The van der Waals surface area contributed by atoms with Crippen molar-refractivity contribution < 1.29 is 22.6 Å². The van der Waals surface area contributed by atoms with Gasteiger partial charge in [-0.1, -0.05) is 12.8 Å². The SMILES string of the molecule is FC(F)(F)C1CCCCC1NC1CCC2(CC1)OCCO2. The van der Waals surface area contributed by atoms with Gasteiger partial charge in [-0.15, -0.1) is 0 Å². The minimum absolute atomic E-state index is 0.163. The van der Waals surface area contributed by atoms with Gasteiger partial charge in [0.05, 0.1) is 19.1 Å². The lowest BCUT2D eigenvalue weighted by Crippen LogP contribution is -2.51. The normalized spacial score (nSPS) is 34.4. The van der Waals surface area contributed by atoms with Crippen molar-refractivity contribution in [1.82, 2.24) is 5.32 Å². The second-order valence-electron chi connectivity index (χ2n) is 6.59. The van der Waals surface area contributed by atoms with Crippen molar-refractivity contribution in [2.45, 2.75) is 75.4 Å². The highest BCUT2D eigenvalue weighted by atomic mass is 19.4. The van der Waals surface area contributed by atoms with Crippen LogP contribution in [0.3, 0.4) is 0 Å². The third kappa shape index (κ3) is 3.54. The third-order valence-electron chi connectivity index (χ3n) is 5.20. The number of ether oxygens (including phenoxy) is 2. The zero-order valence-electron chi connectivity index (χ0n) is 12.3. The summed E-state index contributed by atoms with van der Waals surface area (Å²) in [5.41, 5.74) is 0. The molecule has 2 saturated carbocycles. The van der Waals surface area contributed by atoms with Crippen LogP contribution in [0.1, 0.15) is 51.4 Å². The Bertz CT molecular complexity index is 345. The lowest BCUT2D eigenvalue weighted by atomic mass is 9.82. The summed E-state index contributed by atoms with van der Waals surface area (Å²) in [7, 11) is 0. The Morgan fingerprint density at radius 2 is 1.52 bits per heavy atom. The lowest BCUT2D eigenvalue weighted by molar-refractivity contribution is -0.194. The van der Waals surface area contributed by atoms with Crippen molar-refractivity contribution in [3.63, 3.8) is 0 Å². The van der Waals surface area contributed by atoms with E-state index in [4.69, 9.17) is 9.47 Å². The molecular formula is C15H24F3NO2. The lowest BCUT2D eigenvalue weighted by Gasteiger charge is -2.40. The van der Waals surface area contributed by atoms with E-state index in [9.17, 15) is 13.2 Å². The van der Waals surface area contributed by atoms with Gasteiger partial charge in [-0.25, -0.2) is 0 Å². The molecule has 3 aliphatic rings. The Morgan fingerprint density at radius 3 is 2.14 bits per heavy atom. The molecule has 21 heavy (non-hydrogen) atoms. The van der Waals surface area contributed by atoms with Gasteiger partial charge in [0.15, 0.2) is 5.79 Å². The average molecular weight is 307 g/mol. The number of hydrogen-bond donors (Lipinski definition) is 1. The fraction of sp³-hybridized carbons (Fsp3) is 1.00. The topological polar surface area (TPSA) is 30.5 Å². The molecule has 1 heterocycles. The van der Waals surface area contributed by atoms with Crippen molar-refractivity contribution in [3.05, 3.63) is 0 Å². The molecule has 3 fully saturated rings. The molecule has 3 rings (SSSR count). The van der Waals surface area contributed by atoms with Crippen LogP contribution in [0.5, 0.6) is 0 Å². The van der Waals surface area contributed by atoms with Crippen LogP contribution in [-0.4, -0.2) is 37.3 Å². The Hall–Kier alpha value is -0.330. The summed E-state index contributed by atoms with van der Waals surface area (Å²) >= 11 is 0. The van der Waals surface area contributed by atoms with Crippen molar-refractivity contribution in [2.24, 2.45) is 5.92 Å². The molecule has 2 unspecified atom stereocenters. The molecule has 0 bridgehead atoms. The third-order valence-corrected chi connectivity index (χ3v) is 5.20. The number of alkyl halides is 3. The summed E-state index contributed by atoms with van der Waals surface area (Å²) in [6, 6.07) is -0.250. The van der Waals surface area contributed by atoms with Gasteiger partial charge in [-0.2, -0.15) is 13.2 Å². The molecule has 1 saturated heterocycles. The van der Waals surface area contributed by atoms with E-state index in [2.05, 4.69) is 5.32 Å². The average Bonchev–Trinajstić information content (AvgIpc) is 2.90. The highest BCUT2D eigenvalue weighted by Gasteiger charge is 2.47. The molecule has 6 heteroatoms. The molecule has 0 aromatic heterocycles. The first-order valence-corrected chi connectivity index (χ1v) is 8.09. The minimum atomic E-state index is -4.08. The molecule has 2 atom stereocenters. The smallest absolute Gasteiger partial charge is 0.348 e. The van der Waals surface area contributed by atoms with Crippen LogP contribution in [0, 0.1) is 5.92 Å². The van der Waals surface area contributed by atoms with Crippen LogP contribution in [0.4, 0.5) is 13.2 Å². The molecular weight excluding hydrogens is 283 g/mol. The van der Waals surface area contributed by atoms with E-state index in [0.717, 1.165) is 32.1 Å². The van der Waals surface area contributed by atoms with Gasteiger partial charge in [0.2, 0.25) is 0 Å². The molecule has 122 valence electrons. The van der Waals surface area contributed by atoms with Gasteiger partial charge in [0.25, 0.3) is 0 Å². The maximum absolute atomic E-state index is 13.1. The van der Waals surface area contributed by atoms with Crippen LogP contribution < -0.4 is 5.32 Å². The van der Waals surface area contributed by atoms with Crippen molar-refractivity contribution in [3.8, 4) is 0 Å². The predicted molar refractivity (Wildman–Crippen MR) is 71.8 cm³/mol. The van der Waals surface area contributed by atoms with Gasteiger partial charge in [0.1, 0.15) is 0 Å². The molecule has 1 aliphatic heterocycles. The van der Waals surface area contributed by atoms with E-state index in [1.807, 2.05) is 0 Å². The monoisotopic (exact) mass is 307 g/mol. The molecule has 0 amide bonds. The van der Waals surface area contributed by atoms with Gasteiger partial charge in [-0.3, -0.25) is 0 Å². The Labute approximate surface area is 123 Å². The van der Waals surface area contributed by atoms with Crippen molar-refractivity contribution >= 4 is 0 Å². The van der Waals surface area contributed by atoms with Gasteiger partial charge >= 0.3 is 6.18 Å². The first kappa shape index (κ1) is 15.6. The zero-order chi connectivity index (χ0) is 14.9. The van der Waals surface area contributed by atoms with Crippen LogP contribution in [0.25, 0.3) is 0 Å². The summed E-state index contributed by atoms with van der Waals surface area (Å²) in [6.45, 7) is 1.27. The van der Waals surface area contributed by atoms with Crippen molar-refractivity contribution in [1.29, 1.82) is 0 Å². The van der Waals surface area contributed by atoms with Gasteiger partial charge < -0.3 is 14.8 Å². The second-order valence-corrected chi connectivity index (χ2v) is 6.59. The standard InChI is InChI=1S/C15H24F3NO2/c16-15(17,18)12-3-1-2-4-13(12)19-11-5-7-14(8-6-11)20-9-10-21-14/h11-13,19H,1-10H2. The van der Waals surface area contributed by atoms with Gasteiger partial charge in [0, 0.05) is 24.9 Å². The van der Waals surface area contributed by atoms with E-state index in [1.165, 1.54) is 0 Å². The summed E-state index contributed by atoms with van der Waals surface area (Å²) in [5, 5.41) is 3.29. The zero-order valence-corrected chi connectivity index (χ0v) is 12.3. The van der Waals surface area contributed by atoms with E-state index in [1.54, 1.807) is 0 Å². The Balaban J connectivity index is 1.54. The highest BCUT2D eigenvalue weighted by Crippen LogP contribution is 2.40. The quantitative estimate of drug-likeness (QED) is 0.848. The first-order valence-electron chi connectivity index (χ1n) is 8.09. The predicted octanol–water partition coefficient (Wildman–Crippen LogP) is 3.38. The van der Waals surface area contributed by atoms with E-state index >= 15 is 0 Å². The fourth-order valence-electron chi connectivity index (χ4n) is 4.03. The summed E-state index contributed by atoms with van der Waals surface area (Å²) < 4.78 is 50.6. The number of rotatable bonds is 2. The summed E-state index contributed by atoms with van der Waals surface area (Å²) in [4.78, 5) is 0. The van der Waals surface area contributed by atoms with Crippen LogP contribution >= 0.6 is 0 Å². The number of nitrogens with one attached hydrogen (secondary N) is 1. The number of hydrogen-bond acceptors (Lipinski definition) is 3. The highest BCUT2D eigenvalue weighted by molar-refractivity contribution is 4.91. The first-order chi connectivity index (χ1) is 9.99. The van der Waals surface area contributed by atoms with E-state index in [0.29, 0.717) is 26.1 Å². The Kier molecular flexibility index (Phi) is 4.48. The van der Waals surface area contributed by atoms with E-state index < -0.39 is 23.9 Å². The maximum Gasteiger partial charge on any atom is 0.393 e. The van der Waals surface area contributed by atoms with Crippen LogP contribution in [-0.2, 0) is 9.47 Å². The van der Waals surface area contributed by atoms with Gasteiger partial charge in [-0.05, 0) is 25.7 Å². The van der Waals surface area contributed by atoms with E-state index in [-0.39, 0.29) is 12.5 Å². The molecule has 3 nitrogen and oxygen atoms in total. The summed E-state index contributed by atoms with van der Waals surface area (Å²) in [6.07, 6.45) is 1.66. The fourth-order valence-corrected chi connectivity index (χ4v) is 4.03. The minimum Gasteiger partial charge on any atom is -0.348 e. The molecule has 1 N–H and O–H groups in total. The van der Waals surface area contributed by atoms with Crippen molar-refractivity contribution in [2.75, 3.05) is 13.2 Å². The second kappa shape index (κ2) is 6.05. The number of halogens is 3. The molecule has 0 aromatic carbocycles. The Morgan fingerprint density at radius 1 is 0.905 bits per heavy atom. The molecule has 2 aliphatic carbocycles. The molecule has 1 spiro atoms. The van der Waals surface area contributed by atoms with Crippen LogP contribution in [0.15, 0.2) is 0 Å². The molecule has 0 radical (unpaired) electrons. The largest absolute Gasteiger partial charge is 0.393 e. The van der Waals surface area contributed by atoms with Crippen LogP contribution in [0.2, 0.25) is 0 Å².